The molecule has 0 radical (unpaired) electrons. The van der Waals surface area contributed by atoms with Gasteiger partial charge in [0.1, 0.15) is 5.15 Å². The minimum Gasteiger partial charge on any atom is -0.387 e. The predicted octanol–water partition coefficient (Wildman–Crippen LogP) is 3.55. The van der Waals surface area contributed by atoms with Crippen LogP contribution >= 0.6 is 23.2 Å². The van der Waals surface area contributed by atoms with Crippen LogP contribution in [0.3, 0.4) is 0 Å². The molecule has 0 amide bonds. The standard InChI is InChI=1S/C15H16Cl2N2O/c1-19(9-11-5-6-15(17)18-8-11)10-14(20)12-3-2-4-13(16)7-12/h2-8,14,20H,9-10H2,1H3. The highest BCUT2D eigenvalue weighted by Crippen LogP contribution is 2.19. The Morgan fingerprint density at radius 3 is 2.70 bits per heavy atom. The number of nitrogens with zero attached hydrogens (tertiary/aromatic N) is 2. The molecular formula is C15H16Cl2N2O. The summed E-state index contributed by atoms with van der Waals surface area (Å²) in [4.78, 5) is 6.06. The fourth-order valence-corrected chi connectivity index (χ4v) is 2.30. The molecular weight excluding hydrogens is 295 g/mol. The highest BCUT2D eigenvalue weighted by molar-refractivity contribution is 6.30. The lowest BCUT2D eigenvalue weighted by Gasteiger charge is -2.21. The van der Waals surface area contributed by atoms with E-state index in [1.54, 1.807) is 24.4 Å². The first kappa shape index (κ1) is 15.3. The molecule has 1 unspecified atom stereocenters. The number of aromatic nitrogens is 1. The Labute approximate surface area is 128 Å². The summed E-state index contributed by atoms with van der Waals surface area (Å²) in [5.74, 6) is 0. The smallest absolute Gasteiger partial charge is 0.129 e. The van der Waals surface area contributed by atoms with Gasteiger partial charge in [-0.05, 0) is 36.4 Å². The predicted molar refractivity (Wildman–Crippen MR) is 82.0 cm³/mol. The summed E-state index contributed by atoms with van der Waals surface area (Å²) in [6.45, 7) is 1.21. The maximum atomic E-state index is 10.2. The van der Waals surface area contributed by atoms with Gasteiger partial charge in [0.25, 0.3) is 0 Å². The SMILES string of the molecule is CN(Cc1ccc(Cl)nc1)CC(O)c1cccc(Cl)c1. The first-order valence-corrected chi connectivity index (χ1v) is 7.02. The van der Waals surface area contributed by atoms with Crippen molar-refractivity contribution in [2.24, 2.45) is 0 Å². The molecule has 3 nitrogen and oxygen atoms in total. The van der Waals surface area contributed by atoms with Crippen LogP contribution in [0.1, 0.15) is 17.2 Å². The molecule has 0 aliphatic heterocycles. The summed E-state index contributed by atoms with van der Waals surface area (Å²) in [6, 6.07) is 11.0. The number of hydrogen-bond donors (Lipinski definition) is 1. The number of hydrogen-bond acceptors (Lipinski definition) is 3. The van der Waals surface area contributed by atoms with Crippen LogP contribution < -0.4 is 0 Å². The third kappa shape index (κ3) is 4.46. The summed E-state index contributed by atoms with van der Waals surface area (Å²) < 4.78 is 0. The maximum Gasteiger partial charge on any atom is 0.129 e. The van der Waals surface area contributed by atoms with E-state index in [-0.39, 0.29) is 0 Å². The number of likely N-dealkylation sites (N-methyl/N-ethyl adjacent to an activating group) is 1. The van der Waals surface area contributed by atoms with Gasteiger partial charge in [0.05, 0.1) is 6.10 Å². The van der Waals surface area contributed by atoms with Crippen molar-refractivity contribution >= 4 is 23.2 Å². The summed E-state index contributed by atoms with van der Waals surface area (Å²) in [7, 11) is 1.95. The van der Waals surface area contributed by atoms with Crippen LogP contribution in [0.25, 0.3) is 0 Å². The fourth-order valence-electron chi connectivity index (χ4n) is 1.99. The van der Waals surface area contributed by atoms with Gasteiger partial charge >= 0.3 is 0 Å². The maximum absolute atomic E-state index is 10.2. The molecule has 0 aliphatic carbocycles. The van der Waals surface area contributed by atoms with Crippen LogP contribution in [0.5, 0.6) is 0 Å². The van der Waals surface area contributed by atoms with E-state index in [1.165, 1.54) is 0 Å². The quantitative estimate of drug-likeness (QED) is 0.858. The van der Waals surface area contributed by atoms with E-state index in [9.17, 15) is 5.11 Å². The van der Waals surface area contributed by atoms with Crippen molar-refractivity contribution in [1.82, 2.24) is 9.88 Å². The Kier molecular flexibility index (Phi) is 5.38. The minimum absolute atomic E-state index is 0.482. The number of aliphatic hydroxyl groups excluding tert-OH is 1. The van der Waals surface area contributed by atoms with E-state index >= 15 is 0 Å². The average molecular weight is 311 g/mol. The van der Waals surface area contributed by atoms with Gasteiger partial charge < -0.3 is 5.11 Å². The highest BCUT2D eigenvalue weighted by atomic mass is 35.5. The Hall–Kier alpha value is -1.13. The lowest BCUT2D eigenvalue weighted by Crippen LogP contribution is -2.24. The zero-order valence-electron chi connectivity index (χ0n) is 11.1. The van der Waals surface area contributed by atoms with Crippen LogP contribution in [0, 0.1) is 0 Å². The second-order valence-corrected chi connectivity index (χ2v) is 5.58. The van der Waals surface area contributed by atoms with Crippen molar-refractivity contribution in [3.05, 3.63) is 63.9 Å². The Morgan fingerprint density at radius 2 is 2.05 bits per heavy atom. The molecule has 0 aliphatic rings. The Morgan fingerprint density at radius 1 is 1.25 bits per heavy atom. The zero-order valence-corrected chi connectivity index (χ0v) is 12.6. The molecule has 1 atom stereocenters. The lowest BCUT2D eigenvalue weighted by molar-refractivity contribution is 0.124. The molecule has 0 bridgehead atoms. The molecule has 106 valence electrons. The third-order valence-electron chi connectivity index (χ3n) is 2.96. The summed E-state index contributed by atoms with van der Waals surface area (Å²) in [5.41, 5.74) is 1.87. The van der Waals surface area contributed by atoms with Gasteiger partial charge in [0.2, 0.25) is 0 Å². The second kappa shape index (κ2) is 7.04. The van der Waals surface area contributed by atoms with Crippen LogP contribution in [0.4, 0.5) is 0 Å². The normalized spacial score (nSPS) is 12.7. The third-order valence-corrected chi connectivity index (χ3v) is 3.42. The van der Waals surface area contributed by atoms with E-state index < -0.39 is 6.10 Å². The largest absolute Gasteiger partial charge is 0.387 e. The van der Waals surface area contributed by atoms with Crippen LogP contribution in [0.15, 0.2) is 42.6 Å². The molecule has 0 saturated carbocycles. The van der Waals surface area contributed by atoms with Gasteiger partial charge in [0, 0.05) is 24.3 Å². The molecule has 5 heteroatoms. The molecule has 1 aromatic carbocycles. The Bertz CT molecular complexity index is 560. The van der Waals surface area contributed by atoms with E-state index in [1.807, 2.05) is 30.1 Å². The van der Waals surface area contributed by atoms with Crippen LogP contribution in [-0.2, 0) is 6.54 Å². The molecule has 20 heavy (non-hydrogen) atoms. The molecule has 1 N–H and O–H groups in total. The average Bonchev–Trinajstić information content (AvgIpc) is 2.41. The van der Waals surface area contributed by atoms with Gasteiger partial charge in [-0.2, -0.15) is 0 Å². The number of pyridine rings is 1. The van der Waals surface area contributed by atoms with Crippen molar-refractivity contribution in [2.45, 2.75) is 12.6 Å². The van der Waals surface area contributed by atoms with Crippen molar-refractivity contribution in [3.63, 3.8) is 0 Å². The molecule has 0 fully saturated rings. The number of aliphatic hydroxyl groups is 1. The number of rotatable bonds is 5. The molecule has 2 rings (SSSR count). The van der Waals surface area contributed by atoms with Crippen LogP contribution in [0.2, 0.25) is 10.2 Å². The molecule has 0 saturated heterocycles. The van der Waals surface area contributed by atoms with E-state index in [4.69, 9.17) is 23.2 Å². The topological polar surface area (TPSA) is 36.4 Å². The number of benzene rings is 1. The first-order valence-electron chi connectivity index (χ1n) is 6.27. The second-order valence-electron chi connectivity index (χ2n) is 4.76. The molecule has 1 aromatic heterocycles. The van der Waals surface area contributed by atoms with Crippen molar-refractivity contribution in [2.75, 3.05) is 13.6 Å². The van der Waals surface area contributed by atoms with Crippen molar-refractivity contribution < 1.29 is 5.11 Å². The minimum atomic E-state index is -0.570. The first-order chi connectivity index (χ1) is 9.54. The lowest BCUT2D eigenvalue weighted by atomic mass is 10.1. The van der Waals surface area contributed by atoms with E-state index in [0.29, 0.717) is 23.3 Å². The summed E-state index contributed by atoms with van der Waals surface area (Å²) >= 11 is 11.7. The van der Waals surface area contributed by atoms with Crippen LogP contribution in [-0.4, -0.2) is 28.6 Å². The number of halogens is 2. The van der Waals surface area contributed by atoms with Gasteiger partial charge in [-0.1, -0.05) is 41.4 Å². The zero-order chi connectivity index (χ0) is 14.5. The van der Waals surface area contributed by atoms with E-state index in [0.717, 1.165) is 11.1 Å². The summed E-state index contributed by atoms with van der Waals surface area (Å²) in [5, 5.41) is 11.3. The van der Waals surface area contributed by atoms with Gasteiger partial charge in [0.15, 0.2) is 0 Å². The molecule has 1 heterocycles. The molecule has 2 aromatic rings. The molecule has 0 spiro atoms. The Balaban J connectivity index is 1.93. The van der Waals surface area contributed by atoms with Crippen molar-refractivity contribution in [1.29, 1.82) is 0 Å². The summed E-state index contributed by atoms with van der Waals surface area (Å²) in [6.07, 6.45) is 1.17. The van der Waals surface area contributed by atoms with Crippen molar-refractivity contribution in [3.8, 4) is 0 Å². The monoisotopic (exact) mass is 310 g/mol. The fraction of sp³-hybridized carbons (Fsp3) is 0.267. The van der Waals surface area contributed by atoms with E-state index in [2.05, 4.69) is 4.98 Å². The van der Waals surface area contributed by atoms with Gasteiger partial charge in [-0.15, -0.1) is 0 Å². The van der Waals surface area contributed by atoms with Gasteiger partial charge in [-0.3, -0.25) is 4.90 Å². The highest BCUT2D eigenvalue weighted by Gasteiger charge is 2.11. The van der Waals surface area contributed by atoms with Gasteiger partial charge in [-0.25, -0.2) is 4.98 Å².